The lowest BCUT2D eigenvalue weighted by Crippen LogP contribution is -2.46. The number of halogens is 1. The second-order valence-electron chi connectivity index (χ2n) is 4.30. The average Bonchev–Trinajstić information content (AvgIpc) is 2.63. The Morgan fingerprint density at radius 3 is 3.06 bits per heavy atom. The zero-order valence-corrected chi connectivity index (χ0v) is 11.2. The van der Waals surface area contributed by atoms with Gasteiger partial charge in [0, 0.05) is 30.0 Å². The summed E-state index contributed by atoms with van der Waals surface area (Å²) in [6, 6.07) is 0. The van der Waals surface area contributed by atoms with Gasteiger partial charge in [0.1, 0.15) is 5.01 Å². The van der Waals surface area contributed by atoms with Crippen molar-refractivity contribution in [3.8, 4) is 0 Å². The fraction of sp³-hybridized carbons (Fsp3) is 0.727. The van der Waals surface area contributed by atoms with E-state index in [-0.39, 0.29) is 12.2 Å². The van der Waals surface area contributed by atoms with Crippen LogP contribution in [-0.4, -0.2) is 41.1 Å². The third-order valence-electron chi connectivity index (χ3n) is 2.60. The van der Waals surface area contributed by atoms with E-state index in [0.29, 0.717) is 5.88 Å². The molecule has 0 N–H and O–H groups in total. The third kappa shape index (κ3) is 3.17. The predicted molar refractivity (Wildman–Crippen MR) is 67.2 cm³/mol. The number of aromatic nitrogens is 1. The smallest absolute Gasteiger partial charge is 0.107 e. The van der Waals surface area contributed by atoms with Gasteiger partial charge in [0.05, 0.1) is 18.8 Å². The van der Waals surface area contributed by atoms with Crippen molar-refractivity contribution in [1.29, 1.82) is 0 Å². The molecule has 0 radical (unpaired) electrons. The van der Waals surface area contributed by atoms with Crippen LogP contribution in [0.1, 0.15) is 17.6 Å². The van der Waals surface area contributed by atoms with Gasteiger partial charge in [0.15, 0.2) is 0 Å². The maximum absolute atomic E-state index is 5.85. The summed E-state index contributed by atoms with van der Waals surface area (Å²) in [6.07, 6.45) is 0.421. The van der Waals surface area contributed by atoms with Crippen molar-refractivity contribution in [2.24, 2.45) is 0 Å². The summed E-state index contributed by atoms with van der Waals surface area (Å²) in [4.78, 5) is 6.86. The first-order valence-electron chi connectivity index (χ1n) is 5.52. The monoisotopic (exact) mass is 260 g/mol. The molecule has 5 heteroatoms. The van der Waals surface area contributed by atoms with Crippen molar-refractivity contribution in [1.82, 2.24) is 9.88 Å². The van der Waals surface area contributed by atoms with Gasteiger partial charge in [-0.2, -0.15) is 0 Å². The van der Waals surface area contributed by atoms with Crippen LogP contribution in [0, 0.1) is 6.92 Å². The van der Waals surface area contributed by atoms with E-state index in [2.05, 4.69) is 22.2 Å². The van der Waals surface area contributed by atoms with Gasteiger partial charge < -0.3 is 4.74 Å². The molecule has 0 spiro atoms. The number of hydrogen-bond acceptors (Lipinski definition) is 4. The lowest BCUT2D eigenvalue weighted by Gasteiger charge is -2.35. The van der Waals surface area contributed by atoms with Crippen LogP contribution in [0.25, 0.3) is 0 Å². The Labute approximate surface area is 105 Å². The van der Waals surface area contributed by atoms with Crippen molar-refractivity contribution in [3.05, 3.63) is 16.1 Å². The number of nitrogens with zero attached hydrogens (tertiary/aromatic N) is 2. The molecule has 2 rings (SSSR count). The van der Waals surface area contributed by atoms with Gasteiger partial charge >= 0.3 is 0 Å². The molecule has 16 heavy (non-hydrogen) atoms. The van der Waals surface area contributed by atoms with E-state index in [4.69, 9.17) is 16.3 Å². The molecule has 3 nitrogen and oxygen atoms in total. The van der Waals surface area contributed by atoms with Crippen molar-refractivity contribution in [2.75, 3.05) is 19.0 Å². The van der Waals surface area contributed by atoms with Crippen LogP contribution in [0.15, 0.2) is 5.38 Å². The van der Waals surface area contributed by atoms with E-state index < -0.39 is 0 Å². The number of ether oxygens (including phenoxy) is 1. The topological polar surface area (TPSA) is 25.4 Å². The van der Waals surface area contributed by atoms with Gasteiger partial charge in [-0.05, 0) is 13.8 Å². The minimum Gasteiger partial charge on any atom is -0.371 e. The lowest BCUT2D eigenvalue weighted by atomic mass is 10.2. The molecule has 1 fully saturated rings. The average molecular weight is 261 g/mol. The molecule has 2 atom stereocenters. The molecular weight excluding hydrogens is 244 g/mol. The van der Waals surface area contributed by atoms with Crippen LogP contribution in [0.3, 0.4) is 0 Å². The van der Waals surface area contributed by atoms with Crippen LogP contribution < -0.4 is 0 Å². The first-order valence-corrected chi connectivity index (χ1v) is 6.93. The Bertz CT molecular complexity index is 344. The van der Waals surface area contributed by atoms with Gasteiger partial charge in [0.2, 0.25) is 0 Å². The first kappa shape index (κ1) is 12.3. The SMILES string of the molecule is Cc1csc(CN2CC(C)OC(CCl)C2)n1. The molecule has 1 aromatic rings. The molecule has 1 aromatic heterocycles. The number of aryl methyl sites for hydroxylation is 1. The zero-order valence-electron chi connectivity index (χ0n) is 9.65. The molecule has 2 heterocycles. The van der Waals surface area contributed by atoms with E-state index in [9.17, 15) is 0 Å². The van der Waals surface area contributed by atoms with Crippen LogP contribution >= 0.6 is 22.9 Å². The van der Waals surface area contributed by atoms with Crippen LogP contribution in [0.2, 0.25) is 0 Å². The van der Waals surface area contributed by atoms with Crippen LogP contribution in [0.4, 0.5) is 0 Å². The summed E-state index contributed by atoms with van der Waals surface area (Å²) in [6.45, 7) is 6.92. The molecule has 1 aliphatic heterocycles. The summed E-state index contributed by atoms with van der Waals surface area (Å²) < 4.78 is 5.72. The summed E-state index contributed by atoms with van der Waals surface area (Å²) in [5.41, 5.74) is 1.11. The van der Waals surface area contributed by atoms with Gasteiger partial charge in [-0.1, -0.05) is 0 Å². The molecule has 1 saturated heterocycles. The van der Waals surface area contributed by atoms with E-state index >= 15 is 0 Å². The molecule has 1 aliphatic rings. The number of thiazole rings is 1. The fourth-order valence-electron chi connectivity index (χ4n) is 2.02. The number of alkyl halides is 1. The van der Waals surface area contributed by atoms with Gasteiger partial charge in [-0.25, -0.2) is 4.98 Å². The van der Waals surface area contributed by atoms with Crippen molar-refractivity contribution in [3.63, 3.8) is 0 Å². The minimum absolute atomic E-state index is 0.159. The van der Waals surface area contributed by atoms with E-state index in [1.165, 1.54) is 5.01 Å². The Morgan fingerprint density at radius 2 is 2.44 bits per heavy atom. The van der Waals surface area contributed by atoms with E-state index in [1.807, 2.05) is 6.92 Å². The van der Waals surface area contributed by atoms with Crippen molar-refractivity contribution in [2.45, 2.75) is 32.6 Å². The minimum atomic E-state index is 0.159. The highest BCUT2D eigenvalue weighted by Gasteiger charge is 2.24. The Kier molecular flexibility index (Phi) is 4.19. The number of rotatable bonds is 3. The summed E-state index contributed by atoms with van der Waals surface area (Å²) in [5, 5.41) is 3.28. The molecule has 90 valence electrons. The summed E-state index contributed by atoms with van der Waals surface area (Å²) in [5.74, 6) is 0.567. The molecular formula is C11H17ClN2OS. The predicted octanol–water partition coefficient (Wildman–Crippen LogP) is 2.28. The summed E-state index contributed by atoms with van der Waals surface area (Å²) >= 11 is 7.58. The number of hydrogen-bond donors (Lipinski definition) is 0. The molecule has 0 bridgehead atoms. The molecule has 0 saturated carbocycles. The van der Waals surface area contributed by atoms with Gasteiger partial charge in [-0.3, -0.25) is 4.90 Å². The first-order chi connectivity index (χ1) is 7.67. The second-order valence-corrected chi connectivity index (χ2v) is 5.55. The highest BCUT2D eigenvalue weighted by molar-refractivity contribution is 7.09. The molecule has 0 aliphatic carbocycles. The molecule has 0 aromatic carbocycles. The van der Waals surface area contributed by atoms with Crippen LogP contribution in [-0.2, 0) is 11.3 Å². The highest BCUT2D eigenvalue weighted by Crippen LogP contribution is 2.17. The molecule has 0 amide bonds. The van der Waals surface area contributed by atoms with Crippen LogP contribution in [0.5, 0.6) is 0 Å². The largest absolute Gasteiger partial charge is 0.371 e. The quantitative estimate of drug-likeness (QED) is 0.780. The standard InChI is InChI=1S/C11H17ClN2OS/c1-8-7-16-11(13-8)6-14-4-9(2)15-10(3-12)5-14/h7,9-10H,3-6H2,1-2H3. The van der Waals surface area contributed by atoms with Gasteiger partial charge in [-0.15, -0.1) is 22.9 Å². The fourth-order valence-corrected chi connectivity index (χ4v) is 3.01. The Hall–Kier alpha value is -0.160. The Morgan fingerprint density at radius 1 is 1.62 bits per heavy atom. The van der Waals surface area contributed by atoms with E-state index in [1.54, 1.807) is 11.3 Å². The Balaban J connectivity index is 1.93. The summed E-state index contributed by atoms with van der Waals surface area (Å²) in [7, 11) is 0. The normalized spacial score (nSPS) is 27.2. The van der Waals surface area contributed by atoms with Gasteiger partial charge in [0.25, 0.3) is 0 Å². The highest BCUT2D eigenvalue weighted by atomic mass is 35.5. The van der Waals surface area contributed by atoms with Crippen molar-refractivity contribution < 1.29 is 4.74 Å². The maximum Gasteiger partial charge on any atom is 0.107 e. The lowest BCUT2D eigenvalue weighted by molar-refractivity contribution is -0.0689. The molecule has 2 unspecified atom stereocenters. The maximum atomic E-state index is 5.85. The zero-order chi connectivity index (χ0) is 11.5. The van der Waals surface area contributed by atoms with E-state index in [0.717, 1.165) is 25.3 Å². The third-order valence-corrected chi connectivity index (χ3v) is 3.90. The number of morpholine rings is 1. The van der Waals surface area contributed by atoms with Crippen molar-refractivity contribution >= 4 is 22.9 Å². The second kappa shape index (κ2) is 5.45.